The number of hydrogen-bond donors (Lipinski definition) is 1. The monoisotopic (exact) mass is 271 g/mol. The van der Waals surface area contributed by atoms with E-state index in [9.17, 15) is 13.2 Å². The molecule has 19 heavy (non-hydrogen) atoms. The molecule has 0 amide bonds. The molecule has 2 rings (SSSR count). The van der Waals surface area contributed by atoms with Gasteiger partial charge in [-0.05, 0) is 30.5 Å². The summed E-state index contributed by atoms with van der Waals surface area (Å²) in [5.74, 6) is 0.769. The third-order valence-electron chi connectivity index (χ3n) is 3.84. The largest absolute Gasteiger partial charge is 0.416 e. The lowest BCUT2D eigenvalue weighted by atomic mass is 10.0. The highest BCUT2D eigenvalue weighted by Crippen LogP contribution is 2.32. The van der Waals surface area contributed by atoms with Crippen LogP contribution in [0.4, 0.5) is 13.2 Å². The molecule has 1 fully saturated rings. The average Bonchev–Trinajstić information content (AvgIpc) is 2.87. The van der Waals surface area contributed by atoms with E-state index in [0.717, 1.165) is 24.9 Å². The fraction of sp³-hybridized carbons (Fsp3) is 0.600. The molecular weight excluding hydrogens is 251 g/mol. The maximum Gasteiger partial charge on any atom is 0.416 e. The summed E-state index contributed by atoms with van der Waals surface area (Å²) in [7, 11) is 0. The quantitative estimate of drug-likeness (QED) is 0.784. The molecule has 1 aromatic carbocycles. The van der Waals surface area contributed by atoms with E-state index in [0.29, 0.717) is 12.1 Å². The Labute approximate surface area is 112 Å². The van der Waals surface area contributed by atoms with Crippen LogP contribution in [0.1, 0.15) is 43.2 Å². The predicted molar refractivity (Wildman–Crippen MR) is 69.7 cm³/mol. The molecule has 1 aromatic rings. The van der Waals surface area contributed by atoms with E-state index in [1.54, 1.807) is 12.1 Å². The van der Waals surface area contributed by atoms with Crippen molar-refractivity contribution in [3.8, 4) is 0 Å². The second kappa shape index (κ2) is 6.42. The second-order valence-corrected chi connectivity index (χ2v) is 5.27. The molecule has 1 N–H and O–H groups in total. The summed E-state index contributed by atoms with van der Waals surface area (Å²) < 4.78 is 38.3. The smallest absolute Gasteiger partial charge is 0.313 e. The minimum atomic E-state index is -4.26. The Morgan fingerprint density at radius 2 is 1.79 bits per heavy atom. The molecule has 0 radical (unpaired) electrons. The molecule has 0 heterocycles. The SMILES string of the molecule is FC(F)(F)c1ccccc1CNCCC1CCCC1. The van der Waals surface area contributed by atoms with E-state index in [4.69, 9.17) is 0 Å². The summed E-state index contributed by atoms with van der Waals surface area (Å²) in [6.07, 6.45) is 1.99. The van der Waals surface area contributed by atoms with Crippen LogP contribution >= 0.6 is 0 Å². The highest BCUT2D eigenvalue weighted by molar-refractivity contribution is 5.29. The lowest BCUT2D eigenvalue weighted by molar-refractivity contribution is -0.138. The first-order valence-electron chi connectivity index (χ1n) is 6.93. The number of rotatable bonds is 5. The molecule has 0 atom stereocenters. The van der Waals surface area contributed by atoms with Crippen molar-refractivity contribution in [3.63, 3.8) is 0 Å². The van der Waals surface area contributed by atoms with E-state index in [1.165, 1.54) is 31.7 Å². The Hall–Kier alpha value is -1.03. The Bertz CT molecular complexity index is 395. The van der Waals surface area contributed by atoms with Gasteiger partial charge in [-0.1, -0.05) is 43.9 Å². The van der Waals surface area contributed by atoms with Gasteiger partial charge in [-0.15, -0.1) is 0 Å². The van der Waals surface area contributed by atoms with Crippen LogP contribution in [0, 0.1) is 5.92 Å². The zero-order valence-electron chi connectivity index (χ0n) is 11.0. The summed E-state index contributed by atoms with van der Waals surface area (Å²) in [4.78, 5) is 0. The van der Waals surface area contributed by atoms with Crippen LogP contribution < -0.4 is 5.32 Å². The normalized spacial score (nSPS) is 17.0. The molecule has 1 aliphatic carbocycles. The number of benzene rings is 1. The summed E-state index contributed by atoms with van der Waals surface area (Å²) in [6, 6.07) is 5.79. The topological polar surface area (TPSA) is 12.0 Å². The van der Waals surface area contributed by atoms with Gasteiger partial charge in [0, 0.05) is 6.54 Å². The van der Waals surface area contributed by atoms with E-state index in [1.807, 2.05) is 0 Å². The summed E-state index contributed by atoms with van der Waals surface area (Å²) in [6.45, 7) is 1.10. The second-order valence-electron chi connectivity index (χ2n) is 5.27. The Kier molecular flexibility index (Phi) is 4.86. The van der Waals surface area contributed by atoms with Crippen molar-refractivity contribution in [2.45, 2.75) is 44.8 Å². The van der Waals surface area contributed by atoms with Crippen LogP contribution in [0.2, 0.25) is 0 Å². The van der Waals surface area contributed by atoms with Crippen molar-refractivity contribution >= 4 is 0 Å². The maximum absolute atomic E-state index is 12.8. The lowest BCUT2D eigenvalue weighted by Crippen LogP contribution is -2.19. The lowest BCUT2D eigenvalue weighted by Gasteiger charge is -2.14. The third-order valence-corrected chi connectivity index (χ3v) is 3.84. The average molecular weight is 271 g/mol. The van der Waals surface area contributed by atoms with Crippen molar-refractivity contribution < 1.29 is 13.2 Å². The Balaban J connectivity index is 1.82. The minimum Gasteiger partial charge on any atom is -0.313 e. The van der Waals surface area contributed by atoms with Gasteiger partial charge in [-0.25, -0.2) is 0 Å². The Morgan fingerprint density at radius 1 is 1.11 bits per heavy atom. The summed E-state index contributed by atoms with van der Waals surface area (Å²) >= 11 is 0. The molecular formula is C15H20F3N. The highest BCUT2D eigenvalue weighted by Gasteiger charge is 2.32. The fourth-order valence-electron chi connectivity index (χ4n) is 2.78. The molecule has 0 saturated heterocycles. The van der Waals surface area contributed by atoms with Crippen molar-refractivity contribution in [2.75, 3.05) is 6.54 Å². The van der Waals surface area contributed by atoms with Gasteiger partial charge in [0.25, 0.3) is 0 Å². The van der Waals surface area contributed by atoms with Gasteiger partial charge < -0.3 is 5.32 Å². The summed E-state index contributed by atoms with van der Waals surface area (Å²) in [5, 5.41) is 3.14. The van der Waals surface area contributed by atoms with Crippen molar-refractivity contribution in [2.24, 2.45) is 5.92 Å². The van der Waals surface area contributed by atoms with Crippen LogP contribution in [0.15, 0.2) is 24.3 Å². The number of hydrogen-bond acceptors (Lipinski definition) is 1. The third kappa shape index (κ3) is 4.23. The van der Waals surface area contributed by atoms with Crippen LogP contribution in [0.25, 0.3) is 0 Å². The van der Waals surface area contributed by atoms with E-state index < -0.39 is 11.7 Å². The highest BCUT2D eigenvalue weighted by atomic mass is 19.4. The zero-order chi connectivity index (χ0) is 13.7. The molecule has 1 nitrogen and oxygen atoms in total. The van der Waals surface area contributed by atoms with Crippen molar-refractivity contribution in [1.29, 1.82) is 0 Å². The van der Waals surface area contributed by atoms with Gasteiger partial charge >= 0.3 is 6.18 Å². The van der Waals surface area contributed by atoms with Gasteiger partial charge in [-0.3, -0.25) is 0 Å². The van der Waals surface area contributed by atoms with Gasteiger partial charge in [0.15, 0.2) is 0 Å². The molecule has 0 unspecified atom stereocenters. The first-order chi connectivity index (χ1) is 9.07. The predicted octanol–water partition coefficient (Wildman–Crippen LogP) is 4.38. The van der Waals surface area contributed by atoms with E-state index >= 15 is 0 Å². The Morgan fingerprint density at radius 3 is 2.47 bits per heavy atom. The van der Waals surface area contributed by atoms with Crippen LogP contribution in [0.3, 0.4) is 0 Å². The van der Waals surface area contributed by atoms with E-state index in [2.05, 4.69) is 5.32 Å². The first kappa shape index (κ1) is 14.4. The molecule has 0 aliphatic heterocycles. The first-order valence-corrected chi connectivity index (χ1v) is 6.93. The zero-order valence-corrected chi connectivity index (χ0v) is 11.0. The molecule has 0 spiro atoms. The van der Waals surface area contributed by atoms with Gasteiger partial charge in [-0.2, -0.15) is 13.2 Å². The number of halogens is 3. The fourth-order valence-corrected chi connectivity index (χ4v) is 2.78. The van der Waals surface area contributed by atoms with Crippen molar-refractivity contribution in [1.82, 2.24) is 5.32 Å². The van der Waals surface area contributed by atoms with Gasteiger partial charge in [0.2, 0.25) is 0 Å². The van der Waals surface area contributed by atoms with E-state index in [-0.39, 0.29) is 0 Å². The van der Waals surface area contributed by atoms with Crippen LogP contribution in [-0.4, -0.2) is 6.54 Å². The van der Waals surface area contributed by atoms with Crippen LogP contribution in [0.5, 0.6) is 0 Å². The summed E-state index contributed by atoms with van der Waals surface area (Å²) in [5.41, 5.74) is -0.190. The molecule has 0 bridgehead atoms. The molecule has 4 heteroatoms. The maximum atomic E-state index is 12.8. The molecule has 0 aromatic heterocycles. The van der Waals surface area contributed by atoms with Crippen LogP contribution in [-0.2, 0) is 12.7 Å². The number of nitrogens with one attached hydrogen (secondary N) is 1. The molecule has 1 saturated carbocycles. The molecule has 106 valence electrons. The molecule has 1 aliphatic rings. The van der Waals surface area contributed by atoms with Gasteiger partial charge in [0.1, 0.15) is 0 Å². The van der Waals surface area contributed by atoms with Crippen molar-refractivity contribution in [3.05, 3.63) is 35.4 Å². The number of alkyl halides is 3. The minimum absolute atomic E-state index is 0.294. The standard InChI is InChI=1S/C15H20F3N/c16-15(17,18)14-8-4-3-7-13(14)11-19-10-9-12-5-1-2-6-12/h3-4,7-8,12,19H,1-2,5-6,9-11H2. The van der Waals surface area contributed by atoms with Gasteiger partial charge in [0.05, 0.1) is 5.56 Å².